The Balaban J connectivity index is 1.89. The zero-order valence-corrected chi connectivity index (χ0v) is 14.8. The molecule has 1 aliphatic carbocycles. The first-order chi connectivity index (χ1) is 12.9. The Kier molecular flexibility index (Phi) is 5.13. The second-order valence-corrected chi connectivity index (χ2v) is 8.04. The third-order valence-electron chi connectivity index (χ3n) is 4.06. The average molecular weight is 425 g/mol. The van der Waals surface area contributed by atoms with Gasteiger partial charge in [0.05, 0.1) is 28.3 Å². The van der Waals surface area contributed by atoms with Gasteiger partial charge in [-0.15, -0.1) is 0 Å². The maximum atomic E-state index is 12.9. The summed E-state index contributed by atoms with van der Waals surface area (Å²) in [5.74, 6) is 0.260. The molecule has 0 radical (unpaired) electrons. The van der Waals surface area contributed by atoms with Gasteiger partial charge in [0.2, 0.25) is 10.0 Å². The predicted molar refractivity (Wildman–Crippen MR) is 84.5 cm³/mol. The molecule has 0 aliphatic heterocycles. The van der Waals surface area contributed by atoms with Crippen molar-refractivity contribution in [3.8, 4) is 0 Å². The van der Waals surface area contributed by atoms with Gasteiger partial charge in [-0.05, 0) is 37.1 Å². The Hall–Kier alpha value is -2.21. The largest absolute Gasteiger partial charge is 0.416 e. The van der Waals surface area contributed by atoms with Gasteiger partial charge < -0.3 is 0 Å². The van der Waals surface area contributed by atoms with E-state index in [0.717, 1.165) is 12.8 Å². The normalized spacial score (nSPS) is 15.6. The summed E-state index contributed by atoms with van der Waals surface area (Å²) in [6.07, 6.45) is -7.18. The number of nitrogens with zero attached hydrogens (tertiary/aromatic N) is 2. The Bertz CT molecular complexity index is 952. The predicted octanol–water partition coefficient (Wildman–Crippen LogP) is 3.87. The van der Waals surface area contributed by atoms with E-state index in [9.17, 15) is 34.8 Å². The first-order valence-corrected chi connectivity index (χ1v) is 9.44. The second-order valence-electron chi connectivity index (χ2n) is 6.27. The van der Waals surface area contributed by atoms with Crippen LogP contribution in [0.3, 0.4) is 0 Å². The van der Waals surface area contributed by atoms with E-state index in [0.29, 0.717) is 5.69 Å². The fraction of sp³-hybridized carbons (Fsp3) is 0.375. The number of rotatable bonds is 5. The quantitative estimate of drug-likeness (QED) is 0.739. The molecular weight excluding hydrogens is 412 g/mol. The Morgan fingerprint density at radius 2 is 1.50 bits per heavy atom. The van der Waals surface area contributed by atoms with Crippen LogP contribution in [-0.4, -0.2) is 18.4 Å². The number of benzene rings is 1. The minimum absolute atomic E-state index is 0.134. The third-order valence-corrected chi connectivity index (χ3v) is 5.44. The highest BCUT2D eigenvalue weighted by Gasteiger charge is 2.38. The fourth-order valence-corrected chi connectivity index (χ4v) is 3.52. The number of alkyl halides is 6. The Morgan fingerprint density at radius 3 is 2.00 bits per heavy atom. The topological polar surface area (TPSA) is 72.0 Å². The molecule has 0 bridgehead atoms. The SMILES string of the molecule is O=S(=O)(NCc1cc(C2CC2)ncn1)c1cc(C(F)(F)F)cc(C(F)(F)F)c1. The van der Waals surface area contributed by atoms with Crippen LogP contribution in [0.25, 0.3) is 0 Å². The zero-order valence-electron chi connectivity index (χ0n) is 14.0. The number of nitrogens with one attached hydrogen (secondary N) is 1. The van der Waals surface area contributed by atoms with Crippen molar-refractivity contribution in [1.82, 2.24) is 14.7 Å². The first-order valence-electron chi connectivity index (χ1n) is 7.96. The van der Waals surface area contributed by atoms with Crippen LogP contribution in [0, 0.1) is 0 Å². The molecule has 0 atom stereocenters. The van der Waals surface area contributed by atoms with Gasteiger partial charge in [0.15, 0.2) is 0 Å². The van der Waals surface area contributed by atoms with E-state index in [-0.39, 0.29) is 29.8 Å². The van der Waals surface area contributed by atoms with Crippen LogP contribution in [0.1, 0.15) is 41.3 Å². The number of aromatic nitrogens is 2. The van der Waals surface area contributed by atoms with Gasteiger partial charge in [-0.25, -0.2) is 23.1 Å². The van der Waals surface area contributed by atoms with Crippen LogP contribution >= 0.6 is 0 Å². The first kappa shape index (κ1) is 20.5. The summed E-state index contributed by atoms with van der Waals surface area (Å²) in [5, 5.41) is 0. The van der Waals surface area contributed by atoms with E-state index in [2.05, 4.69) is 9.97 Å². The third kappa shape index (κ3) is 4.79. The lowest BCUT2D eigenvalue weighted by molar-refractivity contribution is -0.143. The van der Waals surface area contributed by atoms with E-state index in [1.165, 1.54) is 6.33 Å². The Labute approximate surface area is 155 Å². The van der Waals surface area contributed by atoms with Crippen molar-refractivity contribution in [2.75, 3.05) is 0 Å². The lowest BCUT2D eigenvalue weighted by atomic mass is 10.1. The summed E-state index contributed by atoms with van der Waals surface area (Å²) in [7, 11) is -4.65. The van der Waals surface area contributed by atoms with Gasteiger partial charge in [0, 0.05) is 11.6 Å². The molecule has 1 fully saturated rings. The molecule has 28 heavy (non-hydrogen) atoms. The molecule has 0 unspecified atom stereocenters. The van der Waals surface area contributed by atoms with Crippen molar-refractivity contribution in [2.24, 2.45) is 0 Å². The fourth-order valence-electron chi connectivity index (χ4n) is 2.45. The number of hydrogen-bond donors (Lipinski definition) is 1. The van der Waals surface area contributed by atoms with Crippen LogP contribution in [0.5, 0.6) is 0 Å². The molecule has 2 aromatic rings. The van der Waals surface area contributed by atoms with Gasteiger partial charge >= 0.3 is 12.4 Å². The lowest BCUT2D eigenvalue weighted by Gasteiger charge is -2.14. The molecule has 12 heteroatoms. The summed E-state index contributed by atoms with van der Waals surface area (Å²) < 4.78 is 104. The maximum absolute atomic E-state index is 12.9. The van der Waals surface area contributed by atoms with E-state index < -0.39 is 44.9 Å². The van der Waals surface area contributed by atoms with Gasteiger partial charge in [0.25, 0.3) is 0 Å². The van der Waals surface area contributed by atoms with Gasteiger partial charge in [-0.1, -0.05) is 0 Å². The average Bonchev–Trinajstić information content (AvgIpc) is 3.43. The Morgan fingerprint density at radius 1 is 0.929 bits per heavy atom. The van der Waals surface area contributed by atoms with Crippen LogP contribution in [0.2, 0.25) is 0 Å². The highest BCUT2D eigenvalue weighted by Crippen LogP contribution is 2.39. The second kappa shape index (κ2) is 6.99. The smallest absolute Gasteiger partial charge is 0.241 e. The maximum Gasteiger partial charge on any atom is 0.416 e. The number of sulfonamides is 1. The number of halogens is 6. The molecule has 0 saturated heterocycles. The summed E-state index contributed by atoms with van der Waals surface area (Å²) in [5.41, 5.74) is -2.45. The summed E-state index contributed by atoms with van der Waals surface area (Å²) >= 11 is 0. The zero-order chi connectivity index (χ0) is 20.7. The van der Waals surface area contributed by atoms with Crippen LogP contribution in [0.15, 0.2) is 35.5 Å². The van der Waals surface area contributed by atoms with E-state index in [1.54, 1.807) is 6.07 Å². The molecule has 0 amide bonds. The van der Waals surface area contributed by atoms with Crippen molar-refractivity contribution in [3.63, 3.8) is 0 Å². The van der Waals surface area contributed by atoms with Gasteiger partial charge in [-0.3, -0.25) is 0 Å². The van der Waals surface area contributed by atoms with E-state index in [4.69, 9.17) is 0 Å². The van der Waals surface area contributed by atoms with Crippen LogP contribution in [0.4, 0.5) is 26.3 Å². The summed E-state index contributed by atoms with van der Waals surface area (Å²) in [6.45, 7) is -0.401. The summed E-state index contributed by atoms with van der Waals surface area (Å²) in [4.78, 5) is 6.77. The van der Waals surface area contributed by atoms with Crippen molar-refractivity contribution >= 4 is 10.0 Å². The molecule has 1 N–H and O–H groups in total. The minimum Gasteiger partial charge on any atom is -0.241 e. The van der Waals surface area contributed by atoms with Gasteiger partial charge in [-0.2, -0.15) is 26.3 Å². The molecular formula is C16H13F6N3O2S. The molecule has 1 aromatic carbocycles. The highest BCUT2D eigenvalue weighted by molar-refractivity contribution is 7.89. The molecule has 5 nitrogen and oxygen atoms in total. The molecule has 3 rings (SSSR count). The number of hydrogen-bond acceptors (Lipinski definition) is 4. The molecule has 152 valence electrons. The van der Waals surface area contributed by atoms with Crippen molar-refractivity contribution in [1.29, 1.82) is 0 Å². The lowest BCUT2D eigenvalue weighted by Crippen LogP contribution is -2.25. The van der Waals surface area contributed by atoms with E-state index >= 15 is 0 Å². The van der Waals surface area contributed by atoms with Crippen molar-refractivity contribution in [3.05, 3.63) is 53.1 Å². The highest BCUT2D eigenvalue weighted by atomic mass is 32.2. The van der Waals surface area contributed by atoms with Crippen LogP contribution < -0.4 is 4.72 Å². The molecule has 1 aromatic heterocycles. The minimum atomic E-state index is -5.14. The monoisotopic (exact) mass is 425 g/mol. The van der Waals surface area contributed by atoms with Crippen molar-refractivity contribution < 1.29 is 34.8 Å². The molecule has 1 heterocycles. The summed E-state index contributed by atoms with van der Waals surface area (Å²) in [6, 6.07) is 1.74. The molecule has 0 spiro atoms. The molecule has 1 aliphatic rings. The van der Waals surface area contributed by atoms with E-state index in [1.807, 2.05) is 4.72 Å². The van der Waals surface area contributed by atoms with Crippen molar-refractivity contribution in [2.45, 2.75) is 42.6 Å². The standard InChI is InChI=1S/C16H13F6N3O2S/c17-15(18,19)10-3-11(16(20,21)22)5-13(4-10)28(26,27)25-7-12-6-14(9-1-2-9)24-8-23-12/h3-6,8-9,25H,1-2,7H2. The van der Waals surface area contributed by atoms with Gasteiger partial charge in [0.1, 0.15) is 6.33 Å². The van der Waals surface area contributed by atoms with Crippen LogP contribution in [-0.2, 0) is 28.9 Å². The molecule has 1 saturated carbocycles.